The van der Waals surface area contributed by atoms with Crippen LogP contribution in [0.1, 0.15) is 40.0 Å². The van der Waals surface area contributed by atoms with Crippen molar-refractivity contribution in [3.8, 4) is 0 Å². The fourth-order valence-corrected chi connectivity index (χ4v) is 2.30. The van der Waals surface area contributed by atoms with Crippen molar-refractivity contribution in [2.45, 2.75) is 52.1 Å². The van der Waals surface area contributed by atoms with Gasteiger partial charge in [-0.2, -0.15) is 0 Å². The molecule has 2 atom stereocenters. The highest BCUT2D eigenvalue weighted by Crippen LogP contribution is 2.21. The normalized spacial score (nSPS) is 23.8. The molecule has 1 amide bonds. The van der Waals surface area contributed by atoms with Crippen molar-refractivity contribution in [2.24, 2.45) is 11.1 Å². The molecule has 0 saturated carbocycles. The van der Waals surface area contributed by atoms with E-state index in [9.17, 15) is 4.79 Å². The van der Waals surface area contributed by atoms with Gasteiger partial charge >= 0.3 is 0 Å². The van der Waals surface area contributed by atoms with Gasteiger partial charge in [0.15, 0.2) is 0 Å². The number of carbonyl (C=O) groups is 1. The van der Waals surface area contributed by atoms with E-state index in [1.807, 2.05) is 11.9 Å². The molecule has 1 aliphatic heterocycles. The van der Waals surface area contributed by atoms with Crippen LogP contribution >= 0.6 is 0 Å². The van der Waals surface area contributed by atoms with Gasteiger partial charge in [0.05, 0.1) is 0 Å². The summed E-state index contributed by atoms with van der Waals surface area (Å²) in [5, 5.41) is 0. The van der Waals surface area contributed by atoms with Crippen molar-refractivity contribution in [1.82, 2.24) is 9.80 Å². The zero-order valence-corrected chi connectivity index (χ0v) is 12.6. The number of nitrogens with zero attached hydrogens (tertiary/aromatic N) is 2. The maximum atomic E-state index is 12.2. The van der Waals surface area contributed by atoms with Gasteiger partial charge in [0.2, 0.25) is 5.91 Å². The number of nitrogens with two attached hydrogens (primary N) is 1. The molecule has 0 aromatic rings. The lowest BCUT2D eigenvalue weighted by molar-refractivity contribution is -0.133. The van der Waals surface area contributed by atoms with Gasteiger partial charge in [-0.3, -0.25) is 4.79 Å². The summed E-state index contributed by atoms with van der Waals surface area (Å²) in [5.41, 5.74) is 6.07. The Hall–Kier alpha value is -0.610. The average molecular weight is 255 g/mol. The van der Waals surface area contributed by atoms with Gasteiger partial charge in [-0.1, -0.05) is 20.8 Å². The number of hydrogen-bond acceptors (Lipinski definition) is 3. The number of carbonyl (C=O) groups excluding carboxylic acids is 1. The fraction of sp³-hybridized carbons (Fsp3) is 0.929. The van der Waals surface area contributed by atoms with Crippen molar-refractivity contribution >= 4 is 5.91 Å². The molecule has 0 radical (unpaired) electrons. The Kier molecular flexibility index (Phi) is 5.17. The molecule has 0 aromatic heterocycles. The third-order valence-electron chi connectivity index (χ3n) is 4.05. The molecule has 1 saturated heterocycles. The molecule has 1 heterocycles. The van der Waals surface area contributed by atoms with E-state index in [4.69, 9.17) is 5.73 Å². The minimum atomic E-state index is -0.0752. The molecule has 4 nitrogen and oxygen atoms in total. The number of rotatable bonds is 3. The van der Waals surface area contributed by atoms with Crippen LogP contribution in [0.3, 0.4) is 0 Å². The smallest absolute Gasteiger partial charge is 0.224 e. The summed E-state index contributed by atoms with van der Waals surface area (Å²) >= 11 is 0. The summed E-state index contributed by atoms with van der Waals surface area (Å²) in [6.45, 7) is 8.37. The van der Waals surface area contributed by atoms with Crippen LogP contribution in [0.25, 0.3) is 0 Å². The third-order valence-corrected chi connectivity index (χ3v) is 4.05. The van der Waals surface area contributed by atoms with E-state index in [1.165, 1.54) is 6.42 Å². The lowest BCUT2D eigenvalue weighted by Gasteiger charge is -2.37. The Bertz CT molecular complexity index is 285. The van der Waals surface area contributed by atoms with E-state index in [0.29, 0.717) is 12.5 Å². The molecule has 1 rings (SSSR count). The van der Waals surface area contributed by atoms with Gasteiger partial charge in [0.25, 0.3) is 0 Å². The molecule has 0 bridgehead atoms. The van der Waals surface area contributed by atoms with Crippen LogP contribution < -0.4 is 5.73 Å². The first-order valence-electron chi connectivity index (χ1n) is 6.91. The standard InChI is InChI=1S/C14H29N3O/c1-14(2,3)12(15)9-13(18)17(5)11-7-6-8-16(4)10-11/h11-12H,6-10,15H2,1-5H3. The second kappa shape index (κ2) is 6.02. The first-order chi connectivity index (χ1) is 8.21. The van der Waals surface area contributed by atoms with Gasteiger partial charge in [-0.25, -0.2) is 0 Å². The summed E-state index contributed by atoms with van der Waals surface area (Å²) in [6.07, 6.45) is 2.72. The molecule has 0 spiro atoms. The predicted octanol–water partition coefficient (Wildman–Crippen LogP) is 1.30. The van der Waals surface area contributed by atoms with Gasteiger partial charge in [-0.05, 0) is 31.8 Å². The number of likely N-dealkylation sites (N-methyl/N-ethyl adjacent to an activating group) is 2. The first-order valence-corrected chi connectivity index (χ1v) is 6.91. The Morgan fingerprint density at radius 1 is 1.50 bits per heavy atom. The van der Waals surface area contributed by atoms with Gasteiger partial charge in [-0.15, -0.1) is 0 Å². The zero-order valence-electron chi connectivity index (χ0n) is 12.6. The molecule has 0 aliphatic carbocycles. The van der Waals surface area contributed by atoms with Gasteiger partial charge in [0.1, 0.15) is 0 Å². The number of piperidine rings is 1. The van der Waals surface area contributed by atoms with E-state index in [-0.39, 0.29) is 17.4 Å². The fourth-order valence-electron chi connectivity index (χ4n) is 2.30. The summed E-state index contributed by atoms with van der Waals surface area (Å²) in [5.74, 6) is 0.178. The van der Waals surface area contributed by atoms with E-state index < -0.39 is 0 Å². The van der Waals surface area contributed by atoms with E-state index >= 15 is 0 Å². The molecule has 4 heteroatoms. The maximum absolute atomic E-state index is 12.2. The average Bonchev–Trinajstić information content (AvgIpc) is 2.26. The predicted molar refractivity (Wildman–Crippen MR) is 75.3 cm³/mol. The van der Waals surface area contributed by atoms with Crippen LogP contribution in [0.4, 0.5) is 0 Å². The molecule has 1 fully saturated rings. The number of likely N-dealkylation sites (tertiary alicyclic amines) is 1. The lowest BCUT2D eigenvalue weighted by atomic mass is 9.85. The number of amides is 1. The van der Waals surface area contributed by atoms with E-state index in [2.05, 4.69) is 32.7 Å². The lowest BCUT2D eigenvalue weighted by Crippen LogP contribution is -2.49. The number of hydrogen-bond donors (Lipinski definition) is 1. The summed E-state index contributed by atoms with van der Waals surface area (Å²) in [7, 11) is 4.03. The highest BCUT2D eigenvalue weighted by atomic mass is 16.2. The zero-order chi connectivity index (χ0) is 13.9. The third kappa shape index (κ3) is 4.25. The van der Waals surface area contributed by atoms with Crippen LogP contribution in [0.2, 0.25) is 0 Å². The SMILES string of the molecule is CN1CCCC(N(C)C(=O)CC(N)C(C)(C)C)C1. The molecule has 18 heavy (non-hydrogen) atoms. The van der Waals surface area contributed by atoms with Crippen molar-refractivity contribution in [3.63, 3.8) is 0 Å². The van der Waals surface area contributed by atoms with Crippen LogP contribution in [0, 0.1) is 5.41 Å². The van der Waals surface area contributed by atoms with Crippen LogP contribution in [-0.2, 0) is 4.79 Å². The Labute approximate surface area is 111 Å². The van der Waals surface area contributed by atoms with Gasteiger partial charge in [0, 0.05) is 32.1 Å². The first kappa shape index (κ1) is 15.4. The molecule has 2 N–H and O–H groups in total. The molecular formula is C14H29N3O. The molecule has 0 aromatic carbocycles. The van der Waals surface area contributed by atoms with Crippen molar-refractivity contribution in [1.29, 1.82) is 0 Å². The van der Waals surface area contributed by atoms with Crippen LogP contribution in [0.5, 0.6) is 0 Å². The largest absolute Gasteiger partial charge is 0.341 e. The van der Waals surface area contributed by atoms with E-state index in [0.717, 1.165) is 19.5 Å². The second-order valence-corrected chi connectivity index (χ2v) is 6.74. The van der Waals surface area contributed by atoms with Crippen molar-refractivity contribution < 1.29 is 4.79 Å². The quantitative estimate of drug-likeness (QED) is 0.827. The summed E-state index contributed by atoms with van der Waals surface area (Å²) < 4.78 is 0. The topological polar surface area (TPSA) is 49.6 Å². The summed E-state index contributed by atoms with van der Waals surface area (Å²) in [4.78, 5) is 16.4. The summed E-state index contributed by atoms with van der Waals surface area (Å²) in [6, 6.07) is 0.275. The maximum Gasteiger partial charge on any atom is 0.224 e. The van der Waals surface area contributed by atoms with Crippen LogP contribution in [-0.4, -0.2) is 55.0 Å². The Balaban J connectivity index is 2.50. The van der Waals surface area contributed by atoms with Crippen molar-refractivity contribution in [2.75, 3.05) is 27.2 Å². The molecule has 2 unspecified atom stereocenters. The highest BCUT2D eigenvalue weighted by Gasteiger charge is 2.28. The molecule has 1 aliphatic rings. The monoisotopic (exact) mass is 255 g/mol. The minimum absolute atomic E-state index is 0.0140. The Morgan fingerprint density at radius 3 is 2.61 bits per heavy atom. The Morgan fingerprint density at radius 2 is 2.11 bits per heavy atom. The molecular weight excluding hydrogens is 226 g/mol. The highest BCUT2D eigenvalue weighted by molar-refractivity contribution is 5.77. The van der Waals surface area contributed by atoms with Gasteiger partial charge < -0.3 is 15.5 Å². The van der Waals surface area contributed by atoms with Crippen molar-refractivity contribution in [3.05, 3.63) is 0 Å². The van der Waals surface area contributed by atoms with E-state index in [1.54, 1.807) is 0 Å². The second-order valence-electron chi connectivity index (χ2n) is 6.74. The van der Waals surface area contributed by atoms with Crippen LogP contribution in [0.15, 0.2) is 0 Å². The molecule has 106 valence electrons. The minimum Gasteiger partial charge on any atom is -0.341 e.